The normalized spacial score (nSPS) is 41.1. The van der Waals surface area contributed by atoms with Crippen molar-refractivity contribution in [1.29, 1.82) is 0 Å². The summed E-state index contributed by atoms with van der Waals surface area (Å²) in [7, 11) is 0. The molecule has 1 aliphatic heterocycles. The fourth-order valence-corrected chi connectivity index (χ4v) is 1.46. The Balaban J connectivity index is 3.51. The minimum atomic E-state index is -6.70. The van der Waals surface area contributed by atoms with Crippen LogP contribution in [0.3, 0.4) is 0 Å². The molecule has 0 amide bonds. The summed E-state index contributed by atoms with van der Waals surface area (Å²) in [6.07, 6.45) is -21.6. The Hall–Kier alpha value is -0.850. The van der Waals surface area contributed by atoms with Crippen molar-refractivity contribution in [3.63, 3.8) is 0 Å². The van der Waals surface area contributed by atoms with Gasteiger partial charge in [-0.2, -0.15) is 43.9 Å². The molecule has 0 aromatic rings. The third kappa shape index (κ3) is 2.24. The molecule has 0 aromatic heterocycles. The predicted octanol–water partition coefficient (Wildman–Crippen LogP) is 4.16. The fraction of sp³-hybridized carbons (Fsp3) is 1.00. The van der Waals surface area contributed by atoms with E-state index >= 15 is 0 Å². The summed E-state index contributed by atoms with van der Waals surface area (Å²) >= 11 is 0. The van der Waals surface area contributed by atoms with E-state index in [1.807, 2.05) is 0 Å². The van der Waals surface area contributed by atoms with Gasteiger partial charge in [-0.1, -0.05) is 6.92 Å². The molecule has 0 bridgehead atoms. The Morgan fingerprint density at radius 3 is 1.38 bits per heavy atom. The Bertz CT molecular complexity index is 417. The molecule has 21 heavy (non-hydrogen) atoms. The van der Waals surface area contributed by atoms with Crippen LogP contribution >= 0.6 is 0 Å². The Kier molecular flexibility index (Phi) is 3.76. The van der Waals surface area contributed by atoms with E-state index in [2.05, 4.69) is 9.47 Å². The van der Waals surface area contributed by atoms with E-state index in [-0.39, 0.29) is 0 Å². The molecule has 0 aliphatic carbocycles. The third-order valence-electron chi connectivity index (χ3n) is 2.61. The Labute approximate surface area is 108 Å². The van der Waals surface area contributed by atoms with E-state index in [9.17, 15) is 48.3 Å². The zero-order valence-corrected chi connectivity index (χ0v) is 9.68. The van der Waals surface area contributed by atoms with Crippen LogP contribution in [0.4, 0.5) is 48.3 Å². The molecule has 0 N–H and O–H groups in total. The van der Waals surface area contributed by atoms with E-state index in [1.54, 1.807) is 0 Å². The number of ether oxygens (including phenoxy) is 2. The average molecular weight is 342 g/mol. The second kappa shape index (κ2) is 4.33. The molecule has 3 unspecified atom stereocenters. The van der Waals surface area contributed by atoms with Crippen LogP contribution in [-0.2, 0) is 9.47 Å². The first-order chi connectivity index (χ1) is 8.97. The molecular formula is C8H5F11O2. The van der Waals surface area contributed by atoms with Crippen LogP contribution in [0.1, 0.15) is 13.3 Å². The lowest BCUT2D eigenvalue weighted by Crippen LogP contribution is -2.76. The standard InChI is InChI=1S/C8H5F11O2/c1-2-3(9)4(10,6(12,13)14)21-8(18,19)5(11,20-3)7(15,16)17/h2H2,1H3. The summed E-state index contributed by atoms with van der Waals surface area (Å²) in [6.45, 7) is 0.309. The van der Waals surface area contributed by atoms with Gasteiger partial charge in [0.25, 0.3) is 5.85 Å². The highest BCUT2D eigenvalue weighted by atomic mass is 19.4. The molecule has 0 saturated carbocycles. The van der Waals surface area contributed by atoms with Gasteiger partial charge < -0.3 is 0 Å². The number of rotatable bonds is 1. The summed E-state index contributed by atoms with van der Waals surface area (Å²) < 4.78 is 145. The lowest BCUT2D eigenvalue weighted by molar-refractivity contribution is -0.599. The van der Waals surface area contributed by atoms with Gasteiger partial charge >= 0.3 is 30.2 Å². The minimum Gasteiger partial charge on any atom is -0.289 e. The first-order valence-corrected chi connectivity index (χ1v) is 4.96. The summed E-state index contributed by atoms with van der Waals surface area (Å²) in [5.41, 5.74) is 0. The molecule has 0 aromatic carbocycles. The van der Waals surface area contributed by atoms with Crippen LogP contribution in [0.2, 0.25) is 0 Å². The van der Waals surface area contributed by atoms with Crippen LogP contribution < -0.4 is 0 Å². The van der Waals surface area contributed by atoms with Crippen LogP contribution in [0.25, 0.3) is 0 Å². The van der Waals surface area contributed by atoms with Crippen molar-refractivity contribution in [3.8, 4) is 0 Å². The van der Waals surface area contributed by atoms with E-state index in [0.29, 0.717) is 6.92 Å². The monoisotopic (exact) mass is 342 g/mol. The molecular weight excluding hydrogens is 337 g/mol. The molecule has 1 heterocycles. The summed E-state index contributed by atoms with van der Waals surface area (Å²) in [4.78, 5) is 0. The van der Waals surface area contributed by atoms with Gasteiger partial charge in [-0.25, -0.2) is 4.39 Å². The number of hydrogen-bond donors (Lipinski definition) is 0. The smallest absolute Gasteiger partial charge is 0.289 e. The lowest BCUT2D eigenvalue weighted by Gasteiger charge is -2.50. The molecule has 0 radical (unpaired) electrons. The van der Waals surface area contributed by atoms with Crippen LogP contribution in [0.5, 0.6) is 0 Å². The average Bonchev–Trinajstić information content (AvgIpc) is 2.23. The maximum absolute atomic E-state index is 13.7. The van der Waals surface area contributed by atoms with E-state index < -0.39 is 42.4 Å². The van der Waals surface area contributed by atoms with E-state index in [0.717, 1.165) is 0 Å². The molecule has 3 atom stereocenters. The van der Waals surface area contributed by atoms with E-state index in [4.69, 9.17) is 0 Å². The zero-order valence-electron chi connectivity index (χ0n) is 9.68. The zero-order chi connectivity index (χ0) is 17.1. The highest BCUT2D eigenvalue weighted by Crippen LogP contribution is 2.61. The lowest BCUT2D eigenvalue weighted by atomic mass is 10.0. The second-order valence-corrected chi connectivity index (χ2v) is 3.99. The molecule has 0 spiro atoms. The highest BCUT2D eigenvalue weighted by Gasteiger charge is 2.89. The first kappa shape index (κ1) is 18.2. The topological polar surface area (TPSA) is 18.5 Å². The predicted molar refractivity (Wildman–Crippen MR) is 41.0 cm³/mol. The number of hydrogen-bond acceptors (Lipinski definition) is 2. The molecule has 1 fully saturated rings. The van der Waals surface area contributed by atoms with Gasteiger partial charge in [0, 0.05) is 6.42 Å². The first-order valence-electron chi connectivity index (χ1n) is 4.96. The van der Waals surface area contributed by atoms with Crippen molar-refractivity contribution in [3.05, 3.63) is 0 Å². The molecule has 1 aliphatic rings. The summed E-state index contributed by atoms with van der Waals surface area (Å²) in [6, 6.07) is 0. The van der Waals surface area contributed by atoms with Gasteiger partial charge in [-0.05, 0) is 0 Å². The van der Waals surface area contributed by atoms with Crippen molar-refractivity contribution < 1.29 is 57.8 Å². The SMILES string of the molecule is CCC1(F)OC(F)(C(F)(F)F)C(F)(F)OC1(F)C(F)(F)F. The van der Waals surface area contributed by atoms with Gasteiger partial charge in [0.1, 0.15) is 0 Å². The molecule has 2 nitrogen and oxygen atoms in total. The van der Waals surface area contributed by atoms with Crippen LogP contribution in [-0.4, -0.2) is 36.0 Å². The van der Waals surface area contributed by atoms with Crippen molar-refractivity contribution in [2.75, 3.05) is 0 Å². The van der Waals surface area contributed by atoms with Crippen molar-refractivity contribution in [2.24, 2.45) is 0 Å². The fourth-order valence-electron chi connectivity index (χ4n) is 1.46. The molecule has 13 heteroatoms. The van der Waals surface area contributed by atoms with Gasteiger partial charge in [0.05, 0.1) is 0 Å². The molecule has 1 rings (SSSR count). The van der Waals surface area contributed by atoms with Gasteiger partial charge in [0.15, 0.2) is 0 Å². The quantitative estimate of drug-likeness (QED) is 0.667. The van der Waals surface area contributed by atoms with E-state index in [1.165, 1.54) is 0 Å². The summed E-state index contributed by atoms with van der Waals surface area (Å²) in [5.74, 6) is -17.5. The molecule has 126 valence electrons. The number of halogens is 11. The Morgan fingerprint density at radius 2 is 1.10 bits per heavy atom. The Morgan fingerprint density at radius 1 is 0.714 bits per heavy atom. The van der Waals surface area contributed by atoms with Gasteiger partial charge in [-0.3, -0.25) is 9.47 Å². The van der Waals surface area contributed by atoms with Crippen LogP contribution in [0.15, 0.2) is 0 Å². The summed E-state index contributed by atoms with van der Waals surface area (Å²) in [5, 5.41) is 0. The van der Waals surface area contributed by atoms with Crippen LogP contribution in [0, 0.1) is 0 Å². The van der Waals surface area contributed by atoms with Gasteiger partial charge in [0.2, 0.25) is 0 Å². The minimum absolute atomic E-state index is 0.309. The van der Waals surface area contributed by atoms with Crippen molar-refractivity contribution in [2.45, 2.75) is 49.4 Å². The largest absolute Gasteiger partial charge is 0.458 e. The van der Waals surface area contributed by atoms with Crippen molar-refractivity contribution >= 4 is 0 Å². The molecule has 1 saturated heterocycles. The highest BCUT2D eigenvalue weighted by molar-refractivity contribution is 5.03. The maximum Gasteiger partial charge on any atom is 0.458 e. The third-order valence-corrected chi connectivity index (χ3v) is 2.61. The maximum atomic E-state index is 13.7. The second-order valence-electron chi connectivity index (χ2n) is 3.99. The van der Waals surface area contributed by atoms with Gasteiger partial charge in [-0.15, -0.1) is 0 Å². The van der Waals surface area contributed by atoms with Crippen molar-refractivity contribution in [1.82, 2.24) is 0 Å². The number of alkyl halides is 11.